The summed E-state index contributed by atoms with van der Waals surface area (Å²) >= 11 is 0. The van der Waals surface area contributed by atoms with Crippen molar-refractivity contribution in [1.82, 2.24) is 0 Å². The van der Waals surface area contributed by atoms with Crippen LogP contribution in [0.25, 0.3) is 0 Å². The molecule has 1 aromatic rings. The van der Waals surface area contributed by atoms with Crippen LogP contribution in [-0.2, 0) is 0 Å². The highest BCUT2D eigenvalue weighted by Crippen LogP contribution is 2.23. The minimum absolute atomic E-state index is 0.152. The van der Waals surface area contributed by atoms with Crippen LogP contribution in [0, 0.1) is 6.92 Å². The third kappa shape index (κ3) is 1.83. The number of nitrogens with one attached hydrogen (secondary N) is 1. The molecule has 0 aromatic heterocycles. The van der Waals surface area contributed by atoms with Crippen molar-refractivity contribution in [2.45, 2.75) is 31.9 Å². The third-order valence-electron chi connectivity index (χ3n) is 2.64. The molecule has 0 heterocycles. The lowest BCUT2D eigenvalue weighted by molar-refractivity contribution is 0.0786. The zero-order chi connectivity index (χ0) is 9.26. The standard InChI is InChI=1S/C11H15NO/c1-8-2-4-9(5-3-8)12-10-6-7-11(10)13/h2-5,10-13H,6-7H2,1H3/t10-,11-/m1/s1. The highest BCUT2D eigenvalue weighted by molar-refractivity contribution is 5.45. The van der Waals surface area contributed by atoms with Gasteiger partial charge in [0.1, 0.15) is 0 Å². The Morgan fingerprint density at radius 2 is 1.92 bits per heavy atom. The first-order valence-corrected chi connectivity index (χ1v) is 4.77. The van der Waals surface area contributed by atoms with Crippen LogP contribution in [0.2, 0.25) is 0 Å². The van der Waals surface area contributed by atoms with E-state index in [2.05, 4.69) is 36.5 Å². The molecule has 2 heteroatoms. The van der Waals surface area contributed by atoms with Crippen molar-refractivity contribution in [2.75, 3.05) is 5.32 Å². The van der Waals surface area contributed by atoms with Gasteiger partial charge in [-0.25, -0.2) is 0 Å². The molecule has 0 radical (unpaired) electrons. The molecule has 0 unspecified atom stereocenters. The van der Waals surface area contributed by atoms with Gasteiger partial charge >= 0.3 is 0 Å². The first-order valence-electron chi connectivity index (χ1n) is 4.77. The molecular formula is C11H15NO. The predicted octanol–water partition coefficient (Wildman–Crippen LogP) is 1.93. The Bertz CT molecular complexity index is 281. The predicted molar refractivity (Wildman–Crippen MR) is 53.8 cm³/mol. The number of aliphatic hydroxyl groups excluding tert-OH is 1. The molecule has 1 aliphatic carbocycles. The Balaban J connectivity index is 1.98. The van der Waals surface area contributed by atoms with Gasteiger partial charge in [0.2, 0.25) is 0 Å². The van der Waals surface area contributed by atoms with E-state index in [0.717, 1.165) is 18.5 Å². The zero-order valence-corrected chi connectivity index (χ0v) is 7.83. The monoisotopic (exact) mass is 177 g/mol. The maximum absolute atomic E-state index is 9.36. The lowest BCUT2D eigenvalue weighted by Gasteiger charge is -2.33. The molecule has 1 aliphatic rings. The lowest BCUT2D eigenvalue weighted by atomic mass is 9.89. The van der Waals surface area contributed by atoms with Gasteiger partial charge in [-0.2, -0.15) is 0 Å². The Hall–Kier alpha value is -1.02. The SMILES string of the molecule is Cc1ccc(N[C@@H]2CC[C@H]2O)cc1. The lowest BCUT2D eigenvalue weighted by Crippen LogP contribution is -2.42. The fourth-order valence-corrected chi connectivity index (χ4v) is 1.51. The van der Waals surface area contributed by atoms with E-state index < -0.39 is 0 Å². The number of hydrogen-bond acceptors (Lipinski definition) is 2. The van der Waals surface area contributed by atoms with Crippen molar-refractivity contribution in [3.8, 4) is 0 Å². The molecule has 0 bridgehead atoms. The van der Waals surface area contributed by atoms with Crippen LogP contribution in [0.4, 0.5) is 5.69 Å². The molecule has 1 saturated carbocycles. The van der Waals surface area contributed by atoms with Crippen LogP contribution < -0.4 is 5.32 Å². The van der Waals surface area contributed by atoms with E-state index in [0.29, 0.717) is 0 Å². The number of anilines is 1. The molecular weight excluding hydrogens is 162 g/mol. The van der Waals surface area contributed by atoms with Crippen LogP contribution in [0.5, 0.6) is 0 Å². The van der Waals surface area contributed by atoms with Gasteiger partial charge in [0.15, 0.2) is 0 Å². The van der Waals surface area contributed by atoms with Gasteiger partial charge in [-0.3, -0.25) is 0 Å². The normalized spacial score (nSPS) is 26.6. The van der Waals surface area contributed by atoms with Crippen molar-refractivity contribution in [1.29, 1.82) is 0 Å². The van der Waals surface area contributed by atoms with Gasteiger partial charge in [-0.05, 0) is 31.9 Å². The Labute approximate surface area is 78.6 Å². The Morgan fingerprint density at radius 1 is 1.23 bits per heavy atom. The molecule has 0 saturated heterocycles. The van der Waals surface area contributed by atoms with Crippen molar-refractivity contribution in [3.05, 3.63) is 29.8 Å². The van der Waals surface area contributed by atoms with Gasteiger partial charge in [0, 0.05) is 5.69 Å². The van der Waals surface area contributed by atoms with E-state index >= 15 is 0 Å². The molecule has 13 heavy (non-hydrogen) atoms. The van der Waals surface area contributed by atoms with Crippen LogP contribution in [0.1, 0.15) is 18.4 Å². The van der Waals surface area contributed by atoms with Crippen molar-refractivity contribution < 1.29 is 5.11 Å². The summed E-state index contributed by atoms with van der Waals surface area (Å²) in [6.07, 6.45) is 1.86. The molecule has 1 fully saturated rings. The van der Waals surface area contributed by atoms with E-state index in [9.17, 15) is 5.11 Å². The molecule has 70 valence electrons. The van der Waals surface area contributed by atoms with E-state index in [1.165, 1.54) is 5.56 Å². The third-order valence-corrected chi connectivity index (χ3v) is 2.64. The number of aryl methyl sites for hydroxylation is 1. The van der Waals surface area contributed by atoms with Crippen LogP contribution in [0.3, 0.4) is 0 Å². The quantitative estimate of drug-likeness (QED) is 0.723. The molecule has 2 nitrogen and oxygen atoms in total. The topological polar surface area (TPSA) is 32.3 Å². The van der Waals surface area contributed by atoms with Gasteiger partial charge < -0.3 is 10.4 Å². The minimum Gasteiger partial charge on any atom is -0.391 e. The minimum atomic E-state index is -0.152. The second kappa shape index (κ2) is 3.38. The van der Waals surface area contributed by atoms with Crippen LogP contribution in [-0.4, -0.2) is 17.3 Å². The maximum atomic E-state index is 9.36. The summed E-state index contributed by atoms with van der Waals surface area (Å²) in [6.45, 7) is 2.07. The van der Waals surface area contributed by atoms with Crippen molar-refractivity contribution in [3.63, 3.8) is 0 Å². The van der Waals surface area contributed by atoms with E-state index in [-0.39, 0.29) is 12.1 Å². The largest absolute Gasteiger partial charge is 0.391 e. The molecule has 0 amide bonds. The van der Waals surface area contributed by atoms with Crippen LogP contribution >= 0.6 is 0 Å². The Kier molecular flexibility index (Phi) is 2.23. The Morgan fingerprint density at radius 3 is 2.38 bits per heavy atom. The molecule has 0 spiro atoms. The molecule has 2 atom stereocenters. The van der Waals surface area contributed by atoms with E-state index in [1.807, 2.05) is 0 Å². The molecule has 0 aliphatic heterocycles. The highest BCUT2D eigenvalue weighted by Gasteiger charge is 2.28. The van der Waals surface area contributed by atoms with E-state index in [4.69, 9.17) is 0 Å². The number of rotatable bonds is 2. The van der Waals surface area contributed by atoms with Gasteiger partial charge in [0.25, 0.3) is 0 Å². The smallest absolute Gasteiger partial charge is 0.0741 e. The van der Waals surface area contributed by atoms with Crippen molar-refractivity contribution in [2.24, 2.45) is 0 Å². The summed E-state index contributed by atoms with van der Waals surface area (Å²) in [5, 5.41) is 12.7. The highest BCUT2D eigenvalue weighted by atomic mass is 16.3. The maximum Gasteiger partial charge on any atom is 0.0741 e. The van der Waals surface area contributed by atoms with Gasteiger partial charge in [-0.15, -0.1) is 0 Å². The molecule has 2 rings (SSSR count). The number of aliphatic hydroxyl groups is 1. The van der Waals surface area contributed by atoms with Crippen LogP contribution in [0.15, 0.2) is 24.3 Å². The van der Waals surface area contributed by atoms with Gasteiger partial charge in [-0.1, -0.05) is 17.7 Å². The first kappa shape index (κ1) is 8.57. The summed E-state index contributed by atoms with van der Waals surface area (Å²) < 4.78 is 0. The first-order chi connectivity index (χ1) is 6.25. The summed E-state index contributed by atoms with van der Waals surface area (Å²) in [7, 11) is 0. The number of benzene rings is 1. The summed E-state index contributed by atoms with van der Waals surface area (Å²) in [4.78, 5) is 0. The molecule has 2 N–H and O–H groups in total. The second-order valence-electron chi connectivity index (χ2n) is 3.76. The number of hydrogen-bond donors (Lipinski definition) is 2. The summed E-state index contributed by atoms with van der Waals surface area (Å²) in [6, 6.07) is 8.53. The molecule has 1 aromatic carbocycles. The fourth-order valence-electron chi connectivity index (χ4n) is 1.51. The van der Waals surface area contributed by atoms with Gasteiger partial charge in [0.05, 0.1) is 12.1 Å². The summed E-state index contributed by atoms with van der Waals surface area (Å²) in [5.41, 5.74) is 2.37. The van der Waals surface area contributed by atoms with E-state index in [1.54, 1.807) is 0 Å². The fraction of sp³-hybridized carbons (Fsp3) is 0.455. The second-order valence-corrected chi connectivity index (χ2v) is 3.76. The zero-order valence-electron chi connectivity index (χ0n) is 7.83. The van der Waals surface area contributed by atoms with Crippen molar-refractivity contribution >= 4 is 5.69 Å². The average Bonchev–Trinajstić information content (AvgIpc) is 2.15. The summed E-state index contributed by atoms with van der Waals surface area (Å²) in [5.74, 6) is 0. The average molecular weight is 177 g/mol.